The van der Waals surface area contributed by atoms with Crippen LogP contribution in [0.3, 0.4) is 0 Å². The molecule has 0 aliphatic heterocycles. The van der Waals surface area contributed by atoms with Crippen LogP contribution < -0.4 is 0 Å². The summed E-state index contributed by atoms with van der Waals surface area (Å²) in [5, 5.41) is 0. The zero-order valence-corrected chi connectivity index (χ0v) is 10.9. The SMILES string of the molecule is C=CC(CC)(CC)OP(=O)(O)OP(=O)(O)O. The minimum atomic E-state index is -5.08. The first-order valence-electron chi connectivity index (χ1n) is 4.54. The van der Waals surface area contributed by atoms with Crippen molar-refractivity contribution < 1.29 is 32.6 Å². The molecule has 0 aromatic carbocycles. The molecule has 7 nitrogen and oxygen atoms in total. The van der Waals surface area contributed by atoms with Crippen LogP contribution in [0.25, 0.3) is 0 Å². The van der Waals surface area contributed by atoms with E-state index in [-0.39, 0.29) is 0 Å². The van der Waals surface area contributed by atoms with E-state index in [0.717, 1.165) is 0 Å². The van der Waals surface area contributed by atoms with Crippen molar-refractivity contribution in [1.82, 2.24) is 0 Å². The molecule has 0 aliphatic carbocycles. The molecule has 0 radical (unpaired) electrons. The van der Waals surface area contributed by atoms with Crippen LogP contribution in [0.1, 0.15) is 26.7 Å². The lowest BCUT2D eigenvalue weighted by molar-refractivity contribution is 0.0658. The molecule has 0 fully saturated rings. The van der Waals surface area contributed by atoms with Crippen LogP contribution in [0.2, 0.25) is 0 Å². The fraction of sp³-hybridized carbons (Fsp3) is 0.714. The van der Waals surface area contributed by atoms with Gasteiger partial charge in [-0.05, 0) is 12.8 Å². The van der Waals surface area contributed by atoms with Crippen molar-refractivity contribution in [3.63, 3.8) is 0 Å². The zero-order valence-electron chi connectivity index (χ0n) is 9.07. The van der Waals surface area contributed by atoms with Gasteiger partial charge < -0.3 is 14.7 Å². The zero-order chi connectivity index (χ0) is 13.0. The normalized spacial score (nSPS) is 16.8. The Labute approximate surface area is 93.9 Å². The predicted molar refractivity (Wildman–Crippen MR) is 57.5 cm³/mol. The fourth-order valence-electron chi connectivity index (χ4n) is 1.09. The Morgan fingerprint density at radius 3 is 1.94 bits per heavy atom. The smallest absolute Gasteiger partial charge is 0.302 e. The van der Waals surface area contributed by atoms with E-state index in [1.807, 2.05) is 0 Å². The van der Waals surface area contributed by atoms with Gasteiger partial charge in [-0.2, -0.15) is 4.31 Å². The highest BCUT2D eigenvalue weighted by Crippen LogP contribution is 2.60. The molecule has 0 saturated heterocycles. The second kappa shape index (κ2) is 5.56. The summed E-state index contributed by atoms with van der Waals surface area (Å²) in [7, 11) is -9.90. The van der Waals surface area contributed by atoms with Crippen molar-refractivity contribution in [1.29, 1.82) is 0 Å². The van der Waals surface area contributed by atoms with Crippen LogP contribution in [-0.2, 0) is 18.0 Å². The van der Waals surface area contributed by atoms with Gasteiger partial charge in [0.25, 0.3) is 0 Å². The molecule has 9 heteroatoms. The van der Waals surface area contributed by atoms with E-state index in [1.54, 1.807) is 13.8 Å². The summed E-state index contributed by atoms with van der Waals surface area (Å²) in [6.45, 7) is 6.82. The first-order valence-corrected chi connectivity index (χ1v) is 7.56. The van der Waals surface area contributed by atoms with Crippen LogP contribution in [0, 0.1) is 0 Å². The van der Waals surface area contributed by atoms with Crippen LogP contribution in [0.4, 0.5) is 0 Å². The Balaban J connectivity index is 4.87. The highest BCUT2D eigenvalue weighted by atomic mass is 31.3. The maximum Gasteiger partial charge on any atom is 0.481 e. The predicted octanol–water partition coefficient (Wildman–Crippen LogP) is 1.96. The molecule has 0 aromatic heterocycles. The van der Waals surface area contributed by atoms with Crippen molar-refractivity contribution in [3.8, 4) is 0 Å². The van der Waals surface area contributed by atoms with Crippen molar-refractivity contribution in [2.45, 2.75) is 32.3 Å². The molecular formula is C7H16O7P2. The molecular weight excluding hydrogens is 258 g/mol. The highest BCUT2D eigenvalue weighted by Gasteiger charge is 2.39. The third-order valence-electron chi connectivity index (χ3n) is 2.08. The van der Waals surface area contributed by atoms with E-state index >= 15 is 0 Å². The topological polar surface area (TPSA) is 113 Å². The van der Waals surface area contributed by atoms with Gasteiger partial charge in [-0.3, -0.25) is 4.52 Å². The summed E-state index contributed by atoms with van der Waals surface area (Å²) in [4.78, 5) is 26.0. The molecule has 0 amide bonds. The quantitative estimate of drug-likeness (QED) is 0.480. The standard InChI is InChI=1S/C7H16O7P2/c1-4-7(5-2,6-3)13-16(11,12)14-15(8,9)10/h4H,1,5-6H2,2-3H3,(H,11,12)(H2,8,9,10). The van der Waals surface area contributed by atoms with Gasteiger partial charge in [-0.25, -0.2) is 9.13 Å². The summed E-state index contributed by atoms with van der Waals surface area (Å²) >= 11 is 0. The molecule has 0 spiro atoms. The molecule has 0 heterocycles. The number of phosphoric acid groups is 2. The fourth-order valence-corrected chi connectivity index (χ4v) is 3.09. The van der Waals surface area contributed by atoms with Crippen LogP contribution in [0.5, 0.6) is 0 Å². The maximum atomic E-state index is 11.3. The van der Waals surface area contributed by atoms with Crippen molar-refractivity contribution in [2.75, 3.05) is 0 Å². The molecule has 16 heavy (non-hydrogen) atoms. The highest BCUT2D eigenvalue weighted by molar-refractivity contribution is 7.60. The molecule has 0 aromatic rings. The first kappa shape index (κ1) is 16.0. The van der Waals surface area contributed by atoms with Crippen LogP contribution >= 0.6 is 15.6 Å². The van der Waals surface area contributed by atoms with E-state index in [1.165, 1.54) is 6.08 Å². The van der Waals surface area contributed by atoms with E-state index < -0.39 is 21.2 Å². The average molecular weight is 274 g/mol. The van der Waals surface area contributed by atoms with Gasteiger partial charge >= 0.3 is 15.6 Å². The van der Waals surface area contributed by atoms with Crippen LogP contribution in [0.15, 0.2) is 12.7 Å². The van der Waals surface area contributed by atoms with Gasteiger partial charge in [0.05, 0.1) is 5.60 Å². The van der Waals surface area contributed by atoms with Gasteiger partial charge in [-0.15, -0.1) is 6.58 Å². The monoisotopic (exact) mass is 274 g/mol. The number of hydrogen-bond donors (Lipinski definition) is 3. The van der Waals surface area contributed by atoms with Crippen molar-refractivity contribution >= 4 is 15.6 Å². The summed E-state index contributed by atoms with van der Waals surface area (Å²) in [5.41, 5.74) is -1.14. The molecule has 1 unspecified atom stereocenters. The largest absolute Gasteiger partial charge is 0.481 e. The van der Waals surface area contributed by atoms with E-state index in [4.69, 9.17) is 19.2 Å². The molecule has 0 rings (SSSR count). The third kappa shape index (κ3) is 5.37. The van der Waals surface area contributed by atoms with E-state index in [2.05, 4.69) is 10.9 Å². The third-order valence-corrected chi connectivity index (χ3v) is 4.35. The molecule has 0 bridgehead atoms. The van der Waals surface area contributed by atoms with Gasteiger partial charge in [0.15, 0.2) is 0 Å². The Morgan fingerprint density at radius 2 is 1.69 bits per heavy atom. The number of hydrogen-bond acceptors (Lipinski definition) is 4. The summed E-state index contributed by atoms with van der Waals surface area (Å²) in [6, 6.07) is 0. The molecule has 1 atom stereocenters. The number of rotatable bonds is 7. The Kier molecular flexibility index (Phi) is 5.56. The molecule has 0 saturated carbocycles. The lowest BCUT2D eigenvalue weighted by atomic mass is 9.98. The Hall–Kier alpha value is -0.0000000000000000416. The summed E-state index contributed by atoms with van der Waals surface area (Å²) in [5.74, 6) is 0. The Bertz CT molecular complexity index is 330. The first-order chi connectivity index (χ1) is 7.10. The van der Waals surface area contributed by atoms with Gasteiger partial charge in [0, 0.05) is 0 Å². The Morgan fingerprint density at radius 1 is 1.25 bits per heavy atom. The number of phosphoric ester groups is 1. The van der Waals surface area contributed by atoms with Crippen LogP contribution in [-0.4, -0.2) is 20.3 Å². The second-order valence-electron chi connectivity index (χ2n) is 3.11. The summed E-state index contributed by atoms with van der Waals surface area (Å²) in [6.07, 6.45) is 1.95. The van der Waals surface area contributed by atoms with E-state index in [9.17, 15) is 9.13 Å². The lowest BCUT2D eigenvalue weighted by Gasteiger charge is -2.29. The minimum Gasteiger partial charge on any atom is -0.302 e. The lowest BCUT2D eigenvalue weighted by Crippen LogP contribution is -2.27. The van der Waals surface area contributed by atoms with Gasteiger partial charge in [0.1, 0.15) is 0 Å². The van der Waals surface area contributed by atoms with Crippen molar-refractivity contribution in [3.05, 3.63) is 12.7 Å². The van der Waals surface area contributed by atoms with E-state index in [0.29, 0.717) is 12.8 Å². The van der Waals surface area contributed by atoms with Gasteiger partial charge in [-0.1, -0.05) is 19.9 Å². The molecule has 3 N–H and O–H groups in total. The molecule has 96 valence electrons. The molecule has 0 aliphatic rings. The van der Waals surface area contributed by atoms with Crippen molar-refractivity contribution in [2.24, 2.45) is 0 Å². The minimum absolute atomic E-state index is 0.321. The second-order valence-corrected chi connectivity index (χ2v) is 5.86. The maximum absolute atomic E-state index is 11.3. The average Bonchev–Trinajstić information content (AvgIpc) is 2.10. The summed E-state index contributed by atoms with van der Waals surface area (Å²) < 4.78 is 30.1. The van der Waals surface area contributed by atoms with Gasteiger partial charge in [0.2, 0.25) is 0 Å².